The normalized spacial score (nSPS) is 10.3. The number of hydrogen-bond acceptors (Lipinski definition) is 0. The van der Waals surface area contributed by atoms with Crippen molar-refractivity contribution in [3.63, 3.8) is 0 Å². The van der Waals surface area contributed by atoms with Crippen LogP contribution in [0.2, 0.25) is 0 Å². The predicted octanol–water partition coefficient (Wildman–Crippen LogP) is 6.29. The summed E-state index contributed by atoms with van der Waals surface area (Å²) in [6.45, 7) is 6.51. The zero-order chi connectivity index (χ0) is 14.4. The summed E-state index contributed by atoms with van der Waals surface area (Å²) in [7, 11) is 15.0. The molecule has 102 valence electrons. The van der Waals surface area contributed by atoms with Crippen LogP contribution in [0.4, 0.5) is 0 Å². The number of hydrogen-bond donors (Lipinski definition) is 0. The molecule has 1 heterocycles. The van der Waals surface area contributed by atoms with Crippen molar-refractivity contribution in [2.24, 2.45) is 5.92 Å². The van der Waals surface area contributed by atoms with E-state index < -0.39 is 13.0 Å². The molecular formula is C14H17Cl3OZn. The third-order valence-electron chi connectivity index (χ3n) is 2.59. The van der Waals surface area contributed by atoms with E-state index in [1.165, 1.54) is 10.9 Å². The zero-order valence-corrected chi connectivity index (χ0v) is 16.7. The van der Waals surface area contributed by atoms with Gasteiger partial charge in [-0.2, -0.15) is 0 Å². The standard InChI is InChI=1S/C14H17O.3ClH.Zn/c1-10(2)8-13-9-12-6-4-5-7-14(12)15-11(13)3;;;;/h4-7,9-10H,8H2,1-3H3;3*1H;/q+1;;;;+2/p-3. The number of benzene rings is 1. The van der Waals surface area contributed by atoms with Gasteiger partial charge in [0.05, 0.1) is 17.9 Å². The molecule has 0 bridgehead atoms. The first kappa shape index (κ1) is 17.2. The van der Waals surface area contributed by atoms with Crippen LogP contribution in [0.25, 0.3) is 11.0 Å². The van der Waals surface area contributed by atoms with Gasteiger partial charge in [0, 0.05) is 6.07 Å². The van der Waals surface area contributed by atoms with E-state index >= 15 is 0 Å². The second-order valence-electron chi connectivity index (χ2n) is 4.77. The Morgan fingerprint density at radius 1 is 1.16 bits per heavy atom. The molecule has 0 amide bonds. The first-order valence-electron chi connectivity index (χ1n) is 6.28. The summed E-state index contributed by atoms with van der Waals surface area (Å²) in [6.07, 6.45) is 1.08. The quantitative estimate of drug-likeness (QED) is 0.445. The van der Waals surface area contributed by atoms with Crippen molar-refractivity contribution >= 4 is 40.0 Å². The van der Waals surface area contributed by atoms with E-state index in [1.54, 1.807) is 0 Å². The summed E-state index contributed by atoms with van der Waals surface area (Å²) in [5.74, 6) is 1.71. The van der Waals surface area contributed by atoms with E-state index in [2.05, 4.69) is 26.0 Å². The Bertz CT molecular complexity index is 526. The maximum atomic E-state index is 5.79. The van der Waals surface area contributed by atoms with Gasteiger partial charge in [-0.3, -0.25) is 0 Å². The Labute approximate surface area is 131 Å². The Morgan fingerprint density at radius 2 is 1.74 bits per heavy atom. The molecule has 0 atom stereocenters. The third-order valence-corrected chi connectivity index (χ3v) is 2.59. The summed E-state index contributed by atoms with van der Waals surface area (Å²) in [5.41, 5.74) is 2.30. The SMILES string of the molecule is Cc1[o+]c2ccccc2cc1CC(C)C.[Cl][Zn-]([Cl])[Cl]. The third kappa shape index (κ3) is 6.40. The summed E-state index contributed by atoms with van der Waals surface area (Å²) < 4.78 is 5.79. The monoisotopic (exact) mass is 370 g/mol. The molecule has 0 N–H and O–H groups in total. The fourth-order valence-corrected chi connectivity index (χ4v) is 1.86. The molecule has 5 heteroatoms. The minimum absolute atomic E-state index is 0.667. The molecule has 1 aromatic carbocycles. The van der Waals surface area contributed by atoms with E-state index in [-0.39, 0.29) is 0 Å². The van der Waals surface area contributed by atoms with Crippen LogP contribution in [-0.4, -0.2) is 0 Å². The molecule has 2 aromatic rings. The van der Waals surface area contributed by atoms with E-state index in [0.29, 0.717) is 5.92 Å². The summed E-state index contributed by atoms with van der Waals surface area (Å²) in [5, 5.41) is 1.19. The fourth-order valence-electron chi connectivity index (χ4n) is 1.86. The molecule has 1 aromatic heterocycles. The van der Waals surface area contributed by atoms with Gasteiger partial charge in [0.25, 0.3) is 0 Å². The molecule has 19 heavy (non-hydrogen) atoms. The molecule has 2 rings (SSSR count). The van der Waals surface area contributed by atoms with Gasteiger partial charge in [-0.1, -0.05) is 26.0 Å². The van der Waals surface area contributed by atoms with Crippen LogP contribution in [0.15, 0.2) is 34.7 Å². The molecule has 0 aliphatic carbocycles. The number of rotatable bonds is 2. The first-order chi connectivity index (χ1) is 8.90. The molecule has 0 saturated heterocycles. The van der Waals surface area contributed by atoms with E-state index in [4.69, 9.17) is 33.5 Å². The molecule has 0 radical (unpaired) electrons. The molecular weight excluding hydrogens is 356 g/mol. The van der Waals surface area contributed by atoms with E-state index in [1.807, 2.05) is 25.1 Å². The number of fused-ring (bicyclic) bond motifs is 1. The van der Waals surface area contributed by atoms with Crippen molar-refractivity contribution in [3.05, 3.63) is 41.7 Å². The van der Waals surface area contributed by atoms with Gasteiger partial charge < -0.3 is 0 Å². The summed E-state index contributed by atoms with van der Waals surface area (Å²) >= 11 is -2.21. The van der Waals surface area contributed by atoms with E-state index in [0.717, 1.165) is 17.8 Å². The Morgan fingerprint density at radius 3 is 2.32 bits per heavy atom. The molecule has 1 nitrogen and oxygen atoms in total. The Kier molecular flexibility index (Phi) is 7.61. The van der Waals surface area contributed by atoms with Gasteiger partial charge in [-0.15, -0.1) is 0 Å². The van der Waals surface area contributed by atoms with Crippen molar-refractivity contribution < 1.29 is 17.4 Å². The van der Waals surface area contributed by atoms with Crippen LogP contribution in [0.3, 0.4) is 0 Å². The molecule has 0 aliphatic heterocycles. The summed E-state index contributed by atoms with van der Waals surface area (Å²) in [6, 6.07) is 10.4. The van der Waals surface area contributed by atoms with E-state index in [9.17, 15) is 0 Å². The van der Waals surface area contributed by atoms with Crippen molar-refractivity contribution in [2.45, 2.75) is 27.2 Å². The van der Waals surface area contributed by atoms with Gasteiger partial charge in [-0.25, -0.2) is 4.42 Å². The van der Waals surface area contributed by atoms with Gasteiger partial charge in [0.15, 0.2) is 0 Å². The second-order valence-corrected chi connectivity index (χ2v) is 18.6. The van der Waals surface area contributed by atoms with Crippen molar-refractivity contribution in [1.82, 2.24) is 0 Å². The van der Waals surface area contributed by atoms with Gasteiger partial charge in [0.2, 0.25) is 0 Å². The Hall–Kier alpha value is 0.123. The fraction of sp³-hybridized carbons (Fsp3) is 0.357. The molecule has 0 saturated carbocycles. The van der Waals surface area contributed by atoms with Gasteiger partial charge in [-0.05, 0) is 24.5 Å². The second kappa shape index (κ2) is 8.42. The number of halogens is 3. The first-order valence-corrected chi connectivity index (χ1v) is 18.0. The van der Waals surface area contributed by atoms with Gasteiger partial charge >= 0.3 is 53.4 Å². The molecule has 0 unspecified atom stereocenters. The predicted molar refractivity (Wildman–Crippen MR) is 81.5 cm³/mol. The van der Waals surface area contributed by atoms with Crippen LogP contribution in [0.1, 0.15) is 25.2 Å². The maximum absolute atomic E-state index is 5.79. The van der Waals surface area contributed by atoms with Crippen molar-refractivity contribution in [3.8, 4) is 0 Å². The number of aryl methyl sites for hydroxylation is 1. The van der Waals surface area contributed by atoms with Crippen LogP contribution in [-0.2, 0) is 19.4 Å². The van der Waals surface area contributed by atoms with Crippen molar-refractivity contribution in [1.29, 1.82) is 0 Å². The minimum atomic E-state index is -2.21. The van der Waals surface area contributed by atoms with Gasteiger partial charge in [0.1, 0.15) is 0 Å². The molecule has 0 spiro atoms. The Balaban J connectivity index is 0.000000399. The molecule has 0 aliphatic rings. The van der Waals surface area contributed by atoms with Crippen LogP contribution < -0.4 is 0 Å². The summed E-state index contributed by atoms with van der Waals surface area (Å²) in [4.78, 5) is 0. The van der Waals surface area contributed by atoms with Crippen molar-refractivity contribution in [2.75, 3.05) is 0 Å². The average molecular weight is 373 g/mol. The average Bonchev–Trinajstić information content (AvgIpc) is 2.28. The van der Waals surface area contributed by atoms with Crippen LogP contribution in [0.5, 0.6) is 0 Å². The van der Waals surface area contributed by atoms with Crippen LogP contribution >= 0.6 is 29.1 Å². The number of para-hydroxylation sites is 1. The molecule has 0 fully saturated rings. The topological polar surface area (TPSA) is 11.3 Å². The zero-order valence-electron chi connectivity index (χ0n) is 11.4. The van der Waals surface area contributed by atoms with Crippen LogP contribution in [0, 0.1) is 12.8 Å².